The molecule has 1 heteroatoms. The Morgan fingerprint density at radius 1 is 1.11 bits per heavy atom. The molecule has 1 nitrogen and oxygen atoms in total. The van der Waals surface area contributed by atoms with Crippen LogP contribution in [0.3, 0.4) is 0 Å². The van der Waals surface area contributed by atoms with E-state index < -0.39 is 0 Å². The Morgan fingerprint density at radius 2 is 1.95 bits per heavy atom. The summed E-state index contributed by atoms with van der Waals surface area (Å²) in [6, 6.07) is 6.06. The highest BCUT2D eigenvalue weighted by molar-refractivity contribution is 5.88. The van der Waals surface area contributed by atoms with Crippen molar-refractivity contribution in [1.82, 2.24) is 0 Å². The number of benzene rings is 1. The summed E-state index contributed by atoms with van der Waals surface area (Å²) in [5.41, 5.74) is 3.86. The Labute approximate surface area is 112 Å². The van der Waals surface area contributed by atoms with Crippen molar-refractivity contribution in [3.8, 4) is 0 Å². The van der Waals surface area contributed by atoms with E-state index in [1.807, 2.05) is 24.3 Å². The van der Waals surface area contributed by atoms with Gasteiger partial charge >= 0.3 is 0 Å². The molecule has 1 aliphatic rings. The molecular weight excluding hydrogens is 232 g/mol. The minimum Gasteiger partial charge on any atom is -0.456 e. The Hall–Kier alpha value is -2.28. The SMILES string of the molecule is C=C1/C=C\c2cccc3o/c(c(=C)c23)=C/C(C)/C=C\1. The molecule has 0 spiro atoms. The molecule has 1 aromatic carbocycles. The van der Waals surface area contributed by atoms with Crippen LogP contribution in [0, 0.1) is 5.92 Å². The van der Waals surface area contributed by atoms with Crippen LogP contribution in [0.5, 0.6) is 0 Å². The summed E-state index contributed by atoms with van der Waals surface area (Å²) in [5, 5.41) is 2.05. The summed E-state index contributed by atoms with van der Waals surface area (Å²) in [6.07, 6.45) is 10.3. The van der Waals surface area contributed by atoms with Gasteiger partial charge in [0.1, 0.15) is 11.0 Å². The van der Waals surface area contributed by atoms with E-state index >= 15 is 0 Å². The molecule has 0 aliphatic heterocycles. The van der Waals surface area contributed by atoms with E-state index in [2.05, 4.69) is 44.4 Å². The third-order valence-electron chi connectivity index (χ3n) is 3.38. The van der Waals surface area contributed by atoms with E-state index in [9.17, 15) is 0 Å². The maximum absolute atomic E-state index is 5.90. The van der Waals surface area contributed by atoms with E-state index in [0.717, 1.165) is 32.7 Å². The summed E-state index contributed by atoms with van der Waals surface area (Å²) in [7, 11) is 0. The third-order valence-corrected chi connectivity index (χ3v) is 3.38. The second kappa shape index (κ2) is 4.43. The molecule has 0 N–H and O–H groups in total. The van der Waals surface area contributed by atoms with Crippen LogP contribution in [0.1, 0.15) is 12.5 Å². The Kier molecular flexibility index (Phi) is 2.75. The van der Waals surface area contributed by atoms with Crippen LogP contribution in [0.25, 0.3) is 29.7 Å². The first-order valence-electron chi connectivity index (χ1n) is 6.42. The molecule has 1 unspecified atom stereocenters. The van der Waals surface area contributed by atoms with Gasteiger partial charge in [-0.25, -0.2) is 0 Å². The first-order valence-corrected chi connectivity index (χ1v) is 6.42. The van der Waals surface area contributed by atoms with Crippen LogP contribution >= 0.6 is 0 Å². The summed E-state index contributed by atoms with van der Waals surface area (Å²) in [5.74, 6) is 0.285. The second-order valence-corrected chi connectivity index (χ2v) is 4.96. The van der Waals surface area contributed by atoms with E-state index in [-0.39, 0.29) is 5.92 Å². The molecule has 1 aliphatic carbocycles. The highest BCUT2D eigenvalue weighted by Gasteiger charge is 2.06. The minimum atomic E-state index is 0.285. The van der Waals surface area contributed by atoms with Crippen molar-refractivity contribution in [3.05, 3.63) is 64.8 Å². The zero-order chi connectivity index (χ0) is 13.4. The molecule has 2 bridgehead atoms. The molecule has 19 heavy (non-hydrogen) atoms. The Balaban J connectivity index is 2.44. The van der Waals surface area contributed by atoms with Gasteiger partial charge in [0.05, 0.1) is 0 Å². The van der Waals surface area contributed by atoms with Gasteiger partial charge < -0.3 is 4.42 Å². The lowest BCUT2D eigenvalue weighted by molar-refractivity contribution is 0.571. The lowest BCUT2D eigenvalue weighted by Gasteiger charge is -1.98. The largest absolute Gasteiger partial charge is 0.456 e. The monoisotopic (exact) mass is 248 g/mol. The fourth-order valence-electron chi connectivity index (χ4n) is 2.35. The fourth-order valence-corrected chi connectivity index (χ4v) is 2.35. The number of fused-ring (bicyclic) bond motifs is 1. The van der Waals surface area contributed by atoms with Gasteiger partial charge in [-0.1, -0.05) is 56.5 Å². The average Bonchev–Trinajstić information content (AvgIpc) is 2.70. The molecule has 0 saturated heterocycles. The molecule has 1 aromatic heterocycles. The summed E-state index contributed by atoms with van der Waals surface area (Å²) in [4.78, 5) is 0. The summed E-state index contributed by atoms with van der Waals surface area (Å²) < 4.78 is 5.90. The molecule has 0 saturated carbocycles. The summed E-state index contributed by atoms with van der Waals surface area (Å²) >= 11 is 0. The number of hydrogen-bond acceptors (Lipinski definition) is 1. The highest BCUT2D eigenvalue weighted by atomic mass is 16.3. The zero-order valence-electron chi connectivity index (χ0n) is 11.0. The molecule has 1 heterocycles. The van der Waals surface area contributed by atoms with Crippen molar-refractivity contribution < 1.29 is 4.42 Å². The van der Waals surface area contributed by atoms with Crippen molar-refractivity contribution in [2.75, 3.05) is 0 Å². The number of furan rings is 1. The van der Waals surface area contributed by atoms with Crippen molar-refractivity contribution in [1.29, 1.82) is 0 Å². The molecule has 0 amide bonds. The van der Waals surface area contributed by atoms with Gasteiger partial charge in [0.2, 0.25) is 0 Å². The van der Waals surface area contributed by atoms with Crippen LogP contribution in [0.15, 0.2) is 53.0 Å². The molecule has 94 valence electrons. The summed E-state index contributed by atoms with van der Waals surface area (Å²) in [6.45, 7) is 10.3. The predicted molar refractivity (Wildman–Crippen MR) is 81.9 cm³/mol. The third kappa shape index (κ3) is 2.08. The van der Waals surface area contributed by atoms with Gasteiger partial charge in [0, 0.05) is 10.6 Å². The van der Waals surface area contributed by atoms with Crippen molar-refractivity contribution in [2.24, 2.45) is 5.92 Å². The molecular formula is C18H16O. The van der Waals surface area contributed by atoms with Gasteiger partial charge in [0.25, 0.3) is 0 Å². The number of rotatable bonds is 0. The van der Waals surface area contributed by atoms with Crippen LogP contribution in [0.2, 0.25) is 0 Å². The van der Waals surface area contributed by atoms with Gasteiger partial charge in [0.15, 0.2) is 0 Å². The van der Waals surface area contributed by atoms with E-state index in [1.54, 1.807) is 0 Å². The smallest absolute Gasteiger partial charge is 0.135 e. The lowest BCUT2D eigenvalue weighted by Crippen LogP contribution is -2.19. The van der Waals surface area contributed by atoms with E-state index in [0.29, 0.717) is 0 Å². The fraction of sp³-hybridized carbons (Fsp3) is 0.111. The van der Waals surface area contributed by atoms with Crippen molar-refractivity contribution in [3.63, 3.8) is 0 Å². The predicted octanol–water partition coefficient (Wildman–Crippen LogP) is 3.40. The second-order valence-electron chi connectivity index (χ2n) is 4.96. The van der Waals surface area contributed by atoms with Crippen molar-refractivity contribution in [2.45, 2.75) is 6.92 Å². The maximum Gasteiger partial charge on any atom is 0.135 e. The normalized spacial score (nSPS) is 23.7. The average molecular weight is 248 g/mol. The Bertz CT molecular complexity index is 815. The zero-order valence-corrected chi connectivity index (χ0v) is 11.0. The molecule has 3 rings (SSSR count). The van der Waals surface area contributed by atoms with E-state index in [4.69, 9.17) is 4.42 Å². The lowest BCUT2D eigenvalue weighted by atomic mass is 10.1. The van der Waals surface area contributed by atoms with Crippen LogP contribution in [-0.4, -0.2) is 0 Å². The van der Waals surface area contributed by atoms with E-state index in [1.165, 1.54) is 0 Å². The molecule has 2 aromatic rings. The topological polar surface area (TPSA) is 13.1 Å². The quantitative estimate of drug-likeness (QED) is 0.696. The molecule has 0 radical (unpaired) electrons. The highest BCUT2D eigenvalue weighted by Crippen LogP contribution is 2.17. The van der Waals surface area contributed by atoms with Gasteiger partial charge in [-0.3, -0.25) is 0 Å². The van der Waals surface area contributed by atoms with Gasteiger partial charge in [-0.05, 0) is 29.2 Å². The van der Waals surface area contributed by atoms with Crippen LogP contribution in [0.4, 0.5) is 0 Å². The first-order chi connectivity index (χ1) is 9.15. The van der Waals surface area contributed by atoms with Gasteiger partial charge in [-0.2, -0.15) is 0 Å². The molecule has 1 atom stereocenters. The molecule has 0 fully saturated rings. The van der Waals surface area contributed by atoms with Crippen molar-refractivity contribution >= 4 is 29.7 Å². The van der Waals surface area contributed by atoms with Crippen LogP contribution < -0.4 is 10.6 Å². The maximum atomic E-state index is 5.90. The first kappa shape index (κ1) is 11.8. The number of hydrogen-bond donors (Lipinski definition) is 0. The number of allylic oxidation sites excluding steroid dienone is 4. The van der Waals surface area contributed by atoms with Crippen LogP contribution in [-0.2, 0) is 0 Å². The standard InChI is InChI=1S/C18H16O/c1-12-7-8-13(2)11-17-14(3)18-15(10-9-12)5-4-6-16(18)19-17/h4-11,13H,1,3H2,2H3/b8-7-,10-9-,17-11+. The minimum absolute atomic E-state index is 0.285. The van der Waals surface area contributed by atoms with Gasteiger partial charge in [-0.15, -0.1) is 0 Å². The Morgan fingerprint density at radius 3 is 2.79 bits per heavy atom.